The number of ketones is 2. The maximum atomic E-state index is 13.0. The Morgan fingerprint density at radius 3 is 2.29 bits per heavy atom. The lowest BCUT2D eigenvalue weighted by Gasteiger charge is -2.19. The highest BCUT2D eigenvalue weighted by molar-refractivity contribution is 6.30. The molecule has 1 amide bonds. The minimum Gasteiger partial charge on any atom is -0.494 e. The molecular weight excluding hydrogens is 444 g/mol. The van der Waals surface area contributed by atoms with Crippen LogP contribution in [0, 0.1) is 10.1 Å². The zero-order valence-electron chi connectivity index (χ0n) is 17.7. The third-order valence-electron chi connectivity index (χ3n) is 5.18. The number of nitro benzene ring substituents is 1. The van der Waals surface area contributed by atoms with E-state index in [1.165, 1.54) is 43.5 Å². The standard InChI is InChI=1S/C24H16N2O8/c1-33-19-11-13(26(31)32)9-10-18(19)25-20(27)12-34-24(30)17-8-4-7-16-21(17)23(29)15-6-3-2-5-14(15)22(16)28/h2-11H,12H2,1H3,(H,25,27). The number of nitro groups is 1. The van der Waals surface area contributed by atoms with Crippen molar-refractivity contribution in [1.29, 1.82) is 0 Å². The van der Waals surface area contributed by atoms with Gasteiger partial charge >= 0.3 is 5.97 Å². The molecule has 1 aliphatic rings. The average molecular weight is 460 g/mol. The molecule has 4 rings (SSSR count). The van der Waals surface area contributed by atoms with Gasteiger partial charge in [-0.1, -0.05) is 36.4 Å². The minimum atomic E-state index is -0.955. The Hall–Kier alpha value is -4.86. The molecule has 0 atom stereocenters. The lowest BCUT2D eigenvalue weighted by Crippen LogP contribution is -2.26. The van der Waals surface area contributed by atoms with Crippen molar-refractivity contribution in [3.8, 4) is 5.75 Å². The van der Waals surface area contributed by atoms with Crippen LogP contribution in [0.2, 0.25) is 0 Å². The highest BCUT2D eigenvalue weighted by atomic mass is 16.6. The number of anilines is 1. The number of carbonyl (C=O) groups is 4. The molecule has 0 fully saturated rings. The molecule has 34 heavy (non-hydrogen) atoms. The largest absolute Gasteiger partial charge is 0.494 e. The Morgan fingerprint density at radius 2 is 1.62 bits per heavy atom. The second-order valence-corrected chi connectivity index (χ2v) is 7.20. The summed E-state index contributed by atoms with van der Waals surface area (Å²) < 4.78 is 10.1. The van der Waals surface area contributed by atoms with E-state index in [-0.39, 0.29) is 50.7 Å². The number of amides is 1. The molecule has 3 aromatic carbocycles. The smallest absolute Gasteiger partial charge is 0.339 e. The van der Waals surface area contributed by atoms with E-state index in [0.29, 0.717) is 0 Å². The van der Waals surface area contributed by atoms with E-state index in [0.717, 1.165) is 6.07 Å². The SMILES string of the molecule is COc1cc([N+](=O)[O-])ccc1NC(=O)COC(=O)c1cccc2c1C(=O)c1ccccc1C2=O. The summed E-state index contributed by atoms with van der Waals surface area (Å²) in [5, 5.41) is 13.3. The summed E-state index contributed by atoms with van der Waals surface area (Å²) in [5.74, 6) is -2.52. The lowest BCUT2D eigenvalue weighted by molar-refractivity contribution is -0.384. The van der Waals surface area contributed by atoms with Crippen LogP contribution < -0.4 is 10.1 Å². The second-order valence-electron chi connectivity index (χ2n) is 7.20. The van der Waals surface area contributed by atoms with Crippen molar-refractivity contribution in [3.63, 3.8) is 0 Å². The zero-order valence-corrected chi connectivity index (χ0v) is 17.7. The third-order valence-corrected chi connectivity index (χ3v) is 5.18. The third kappa shape index (κ3) is 3.99. The predicted octanol–water partition coefficient (Wildman–Crippen LogP) is 3.17. The molecule has 0 aromatic heterocycles. The molecule has 0 saturated carbocycles. The highest BCUT2D eigenvalue weighted by Crippen LogP contribution is 2.30. The molecule has 0 aliphatic heterocycles. The number of carbonyl (C=O) groups excluding carboxylic acids is 4. The zero-order chi connectivity index (χ0) is 24.4. The first-order chi connectivity index (χ1) is 16.3. The van der Waals surface area contributed by atoms with Crippen LogP contribution in [0.5, 0.6) is 5.75 Å². The summed E-state index contributed by atoms with van der Waals surface area (Å²) in [6.07, 6.45) is 0. The molecule has 1 N–H and O–H groups in total. The van der Waals surface area contributed by atoms with Gasteiger partial charge < -0.3 is 14.8 Å². The van der Waals surface area contributed by atoms with Crippen LogP contribution in [0.25, 0.3) is 0 Å². The number of methoxy groups -OCH3 is 1. The summed E-state index contributed by atoms with van der Waals surface area (Å²) in [4.78, 5) is 61.1. The van der Waals surface area contributed by atoms with E-state index < -0.39 is 29.2 Å². The number of rotatable bonds is 6. The number of esters is 1. The van der Waals surface area contributed by atoms with Crippen LogP contribution in [0.3, 0.4) is 0 Å². The summed E-state index contributed by atoms with van der Waals surface area (Å²) >= 11 is 0. The van der Waals surface area contributed by atoms with Crippen molar-refractivity contribution < 1.29 is 33.6 Å². The molecule has 0 heterocycles. The van der Waals surface area contributed by atoms with Crippen molar-refractivity contribution in [2.45, 2.75) is 0 Å². The van der Waals surface area contributed by atoms with Crippen LogP contribution in [-0.4, -0.2) is 42.1 Å². The molecule has 1 aliphatic carbocycles. The van der Waals surface area contributed by atoms with Gasteiger partial charge in [-0.05, 0) is 12.1 Å². The van der Waals surface area contributed by atoms with Gasteiger partial charge in [0.2, 0.25) is 0 Å². The molecule has 3 aromatic rings. The quantitative estimate of drug-likeness (QED) is 0.263. The van der Waals surface area contributed by atoms with Gasteiger partial charge in [0.1, 0.15) is 5.75 Å². The Labute approximate surface area is 192 Å². The van der Waals surface area contributed by atoms with Gasteiger partial charge in [0.05, 0.1) is 29.4 Å². The number of fused-ring (bicyclic) bond motifs is 2. The maximum absolute atomic E-state index is 13.0. The molecule has 0 bridgehead atoms. The molecule has 170 valence electrons. The summed E-state index contributed by atoms with van der Waals surface area (Å²) in [6.45, 7) is -0.707. The molecule has 0 radical (unpaired) electrons. The first-order valence-electron chi connectivity index (χ1n) is 9.92. The van der Waals surface area contributed by atoms with E-state index in [9.17, 15) is 29.3 Å². The number of hydrogen-bond donors (Lipinski definition) is 1. The summed E-state index contributed by atoms with van der Waals surface area (Å²) in [6, 6.07) is 14.2. The van der Waals surface area contributed by atoms with Crippen molar-refractivity contribution in [3.05, 3.63) is 98.6 Å². The van der Waals surface area contributed by atoms with Crippen molar-refractivity contribution in [1.82, 2.24) is 0 Å². The van der Waals surface area contributed by atoms with Gasteiger partial charge in [-0.2, -0.15) is 0 Å². The molecular formula is C24H16N2O8. The number of nitrogens with zero attached hydrogens (tertiary/aromatic N) is 1. The van der Waals surface area contributed by atoms with Crippen molar-refractivity contribution in [2.24, 2.45) is 0 Å². The van der Waals surface area contributed by atoms with Gasteiger partial charge in [0, 0.05) is 28.3 Å². The lowest BCUT2D eigenvalue weighted by atomic mass is 9.82. The minimum absolute atomic E-state index is 0.0498. The highest BCUT2D eigenvalue weighted by Gasteiger charge is 2.33. The van der Waals surface area contributed by atoms with Crippen LogP contribution in [-0.2, 0) is 9.53 Å². The predicted molar refractivity (Wildman–Crippen MR) is 118 cm³/mol. The Balaban J connectivity index is 1.51. The van der Waals surface area contributed by atoms with Gasteiger partial charge in [0.15, 0.2) is 18.2 Å². The first kappa shape index (κ1) is 22.3. The number of non-ortho nitro benzene ring substituents is 1. The van der Waals surface area contributed by atoms with Crippen LogP contribution in [0.1, 0.15) is 42.2 Å². The Kier molecular flexibility index (Phi) is 5.88. The van der Waals surface area contributed by atoms with Crippen LogP contribution in [0.4, 0.5) is 11.4 Å². The van der Waals surface area contributed by atoms with E-state index in [1.54, 1.807) is 18.2 Å². The van der Waals surface area contributed by atoms with Gasteiger partial charge in [0.25, 0.3) is 11.6 Å². The Morgan fingerprint density at radius 1 is 0.941 bits per heavy atom. The topological polar surface area (TPSA) is 142 Å². The van der Waals surface area contributed by atoms with E-state index in [2.05, 4.69) is 5.32 Å². The van der Waals surface area contributed by atoms with Gasteiger partial charge in [-0.3, -0.25) is 24.5 Å². The molecule has 10 nitrogen and oxygen atoms in total. The number of nitrogens with one attached hydrogen (secondary N) is 1. The fraction of sp³-hybridized carbons (Fsp3) is 0.0833. The number of benzene rings is 3. The van der Waals surface area contributed by atoms with Gasteiger partial charge in [-0.15, -0.1) is 0 Å². The maximum Gasteiger partial charge on any atom is 0.339 e. The van der Waals surface area contributed by atoms with Crippen LogP contribution in [0.15, 0.2) is 60.7 Å². The van der Waals surface area contributed by atoms with E-state index >= 15 is 0 Å². The molecule has 0 spiro atoms. The molecule has 10 heteroatoms. The first-order valence-corrected chi connectivity index (χ1v) is 9.92. The fourth-order valence-corrected chi connectivity index (χ4v) is 3.61. The number of ether oxygens (including phenoxy) is 2. The van der Waals surface area contributed by atoms with E-state index in [1.807, 2.05) is 0 Å². The molecule has 0 saturated heterocycles. The van der Waals surface area contributed by atoms with Crippen molar-refractivity contribution >= 4 is 34.8 Å². The second kappa shape index (κ2) is 8.94. The molecule has 0 unspecified atom stereocenters. The summed E-state index contributed by atoms with van der Waals surface area (Å²) in [5.41, 5.74) is 0.225. The number of hydrogen-bond acceptors (Lipinski definition) is 8. The average Bonchev–Trinajstić information content (AvgIpc) is 2.85. The van der Waals surface area contributed by atoms with Crippen molar-refractivity contribution in [2.75, 3.05) is 19.0 Å². The fourth-order valence-electron chi connectivity index (χ4n) is 3.61. The normalized spacial score (nSPS) is 11.8. The van der Waals surface area contributed by atoms with E-state index in [4.69, 9.17) is 9.47 Å². The summed E-state index contributed by atoms with van der Waals surface area (Å²) in [7, 11) is 1.28. The van der Waals surface area contributed by atoms with Gasteiger partial charge in [-0.25, -0.2) is 4.79 Å². The Bertz CT molecular complexity index is 1380. The van der Waals surface area contributed by atoms with Crippen LogP contribution >= 0.6 is 0 Å². The monoisotopic (exact) mass is 460 g/mol.